The van der Waals surface area contributed by atoms with Crippen molar-refractivity contribution in [2.24, 2.45) is 0 Å². The number of sulfone groups is 1. The number of hydrogen-bond donors (Lipinski definition) is 0. The summed E-state index contributed by atoms with van der Waals surface area (Å²) >= 11 is 0. The molecule has 2 amide bonds. The van der Waals surface area contributed by atoms with Crippen LogP contribution in [0.1, 0.15) is 32.3 Å². The van der Waals surface area contributed by atoms with Crippen LogP contribution in [0.2, 0.25) is 0 Å². The highest BCUT2D eigenvalue weighted by Gasteiger charge is 2.34. The molecule has 0 aliphatic carbocycles. The SMILES string of the molecule is CCN(C(=O)CCN(C(C)=O)c1cc(C)ccc1OC)C1CCS(=O)(=O)C1. The lowest BCUT2D eigenvalue weighted by atomic mass is 10.1. The number of amides is 2. The van der Waals surface area contributed by atoms with Gasteiger partial charge in [0.1, 0.15) is 5.75 Å². The Balaban J connectivity index is 2.12. The van der Waals surface area contributed by atoms with Gasteiger partial charge in [-0.15, -0.1) is 0 Å². The fourth-order valence-electron chi connectivity index (χ4n) is 3.47. The minimum absolute atomic E-state index is 0.0225. The van der Waals surface area contributed by atoms with Gasteiger partial charge in [-0.2, -0.15) is 0 Å². The number of rotatable bonds is 7. The Bertz CT molecular complexity index is 806. The molecular weight excluding hydrogens is 368 g/mol. The van der Waals surface area contributed by atoms with Gasteiger partial charge in [-0.1, -0.05) is 6.07 Å². The number of nitrogens with zero attached hydrogens (tertiary/aromatic N) is 2. The number of carbonyl (C=O) groups is 2. The predicted molar refractivity (Wildman–Crippen MR) is 105 cm³/mol. The maximum atomic E-state index is 12.7. The van der Waals surface area contributed by atoms with Crippen LogP contribution in [0.25, 0.3) is 0 Å². The van der Waals surface area contributed by atoms with E-state index in [2.05, 4.69) is 0 Å². The van der Waals surface area contributed by atoms with Gasteiger partial charge < -0.3 is 14.5 Å². The second kappa shape index (κ2) is 8.73. The Morgan fingerprint density at radius 3 is 2.52 bits per heavy atom. The number of hydrogen-bond acceptors (Lipinski definition) is 5. The van der Waals surface area contributed by atoms with Crippen molar-refractivity contribution in [2.75, 3.05) is 36.6 Å². The zero-order chi connectivity index (χ0) is 20.2. The van der Waals surface area contributed by atoms with Gasteiger partial charge in [0.25, 0.3) is 0 Å². The summed E-state index contributed by atoms with van der Waals surface area (Å²) in [6.07, 6.45) is 0.602. The summed E-state index contributed by atoms with van der Waals surface area (Å²) in [7, 11) is -1.52. The molecule has 1 atom stereocenters. The lowest BCUT2D eigenvalue weighted by Gasteiger charge is -2.29. The second-order valence-corrected chi connectivity index (χ2v) is 9.06. The summed E-state index contributed by atoms with van der Waals surface area (Å²) in [5.74, 6) is 0.393. The molecule has 1 saturated heterocycles. The molecule has 0 aromatic heterocycles. The summed E-state index contributed by atoms with van der Waals surface area (Å²) in [4.78, 5) is 28.0. The fourth-order valence-corrected chi connectivity index (χ4v) is 5.20. The zero-order valence-electron chi connectivity index (χ0n) is 16.4. The highest BCUT2D eigenvalue weighted by atomic mass is 32.2. The van der Waals surface area contributed by atoms with Gasteiger partial charge in [-0.25, -0.2) is 8.42 Å². The Labute approximate surface area is 161 Å². The van der Waals surface area contributed by atoms with Crippen molar-refractivity contribution in [3.8, 4) is 5.75 Å². The van der Waals surface area contributed by atoms with E-state index >= 15 is 0 Å². The summed E-state index contributed by atoms with van der Waals surface area (Å²) in [5, 5.41) is 0. The van der Waals surface area contributed by atoms with Crippen LogP contribution in [-0.2, 0) is 19.4 Å². The highest BCUT2D eigenvalue weighted by Crippen LogP contribution is 2.30. The van der Waals surface area contributed by atoms with E-state index in [1.54, 1.807) is 11.0 Å². The van der Waals surface area contributed by atoms with Gasteiger partial charge in [0.15, 0.2) is 9.84 Å². The first-order valence-electron chi connectivity index (χ1n) is 9.11. The van der Waals surface area contributed by atoms with Crippen LogP contribution in [0.3, 0.4) is 0 Å². The third-order valence-electron chi connectivity index (χ3n) is 4.86. The minimum atomic E-state index is -3.06. The fraction of sp³-hybridized carbons (Fsp3) is 0.579. The molecule has 1 heterocycles. The summed E-state index contributed by atoms with van der Waals surface area (Å²) < 4.78 is 28.8. The Morgan fingerprint density at radius 1 is 1.30 bits per heavy atom. The van der Waals surface area contributed by atoms with E-state index < -0.39 is 9.84 Å². The second-order valence-electron chi connectivity index (χ2n) is 6.83. The van der Waals surface area contributed by atoms with Crippen molar-refractivity contribution >= 4 is 27.3 Å². The van der Waals surface area contributed by atoms with E-state index in [1.807, 2.05) is 26.0 Å². The van der Waals surface area contributed by atoms with E-state index in [-0.39, 0.29) is 42.3 Å². The van der Waals surface area contributed by atoms with Crippen molar-refractivity contribution in [3.05, 3.63) is 23.8 Å². The number of benzene rings is 1. The first-order valence-corrected chi connectivity index (χ1v) is 10.9. The van der Waals surface area contributed by atoms with E-state index in [1.165, 1.54) is 18.9 Å². The Morgan fingerprint density at radius 2 is 2.00 bits per heavy atom. The van der Waals surface area contributed by atoms with Gasteiger partial charge in [0, 0.05) is 32.5 Å². The molecule has 0 N–H and O–H groups in total. The molecule has 27 heavy (non-hydrogen) atoms. The third kappa shape index (κ3) is 5.22. The van der Waals surface area contributed by atoms with Gasteiger partial charge in [-0.05, 0) is 38.0 Å². The smallest absolute Gasteiger partial charge is 0.224 e. The van der Waals surface area contributed by atoms with E-state index in [0.29, 0.717) is 24.4 Å². The third-order valence-corrected chi connectivity index (χ3v) is 6.62. The molecule has 8 heteroatoms. The topological polar surface area (TPSA) is 84.0 Å². The molecule has 1 unspecified atom stereocenters. The zero-order valence-corrected chi connectivity index (χ0v) is 17.2. The lowest BCUT2D eigenvalue weighted by Crippen LogP contribution is -2.42. The Kier molecular flexibility index (Phi) is 6.86. The van der Waals surface area contributed by atoms with Gasteiger partial charge in [0.2, 0.25) is 11.8 Å². The van der Waals surface area contributed by atoms with Crippen LogP contribution in [-0.4, -0.2) is 62.9 Å². The first-order chi connectivity index (χ1) is 12.7. The number of anilines is 1. The average molecular weight is 397 g/mol. The first kappa shape index (κ1) is 21.2. The van der Waals surface area contributed by atoms with Crippen LogP contribution < -0.4 is 9.64 Å². The van der Waals surface area contributed by atoms with Crippen molar-refractivity contribution in [2.45, 2.75) is 39.7 Å². The monoisotopic (exact) mass is 396 g/mol. The molecule has 0 spiro atoms. The van der Waals surface area contributed by atoms with Crippen LogP contribution in [0.15, 0.2) is 18.2 Å². The molecule has 1 aromatic carbocycles. The molecule has 2 rings (SSSR count). The molecule has 0 saturated carbocycles. The number of ether oxygens (including phenoxy) is 1. The predicted octanol–water partition coefficient (Wildman–Crippen LogP) is 1.78. The van der Waals surface area contributed by atoms with Crippen molar-refractivity contribution in [3.63, 3.8) is 0 Å². The number of methoxy groups -OCH3 is 1. The molecular formula is C19H28N2O5S. The summed E-state index contributed by atoms with van der Waals surface area (Å²) in [6.45, 7) is 5.88. The van der Waals surface area contributed by atoms with Gasteiger partial charge >= 0.3 is 0 Å². The van der Waals surface area contributed by atoms with E-state index in [4.69, 9.17) is 4.74 Å². The van der Waals surface area contributed by atoms with Gasteiger partial charge in [0.05, 0.1) is 24.3 Å². The van der Waals surface area contributed by atoms with Gasteiger partial charge in [-0.3, -0.25) is 9.59 Å². The number of aryl methyl sites for hydroxylation is 1. The molecule has 7 nitrogen and oxygen atoms in total. The Hall–Kier alpha value is -2.09. The van der Waals surface area contributed by atoms with Crippen LogP contribution in [0.5, 0.6) is 5.75 Å². The molecule has 1 aliphatic heterocycles. The molecule has 0 radical (unpaired) electrons. The standard InChI is InChI=1S/C19H28N2O5S/c1-5-20(16-9-11-27(24,25)13-16)19(23)8-10-21(15(3)22)17-12-14(2)6-7-18(17)26-4/h6-7,12,16H,5,8-11,13H2,1-4H3. The summed E-state index contributed by atoms with van der Waals surface area (Å²) in [6, 6.07) is 5.27. The minimum Gasteiger partial charge on any atom is -0.495 e. The molecule has 0 bridgehead atoms. The summed E-state index contributed by atoms with van der Waals surface area (Å²) in [5.41, 5.74) is 1.61. The van der Waals surface area contributed by atoms with Crippen molar-refractivity contribution < 1.29 is 22.7 Å². The molecule has 1 aromatic rings. The van der Waals surface area contributed by atoms with Crippen molar-refractivity contribution in [1.82, 2.24) is 4.90 Å². The maximum absolute atomic E-state index is 12.7. The molecule has 150 valence electrons. The normalized spacial score (nSPS) is 18.1. The largest absolute Gasteiger partial charge is 0.495 e. The van der Waals surface area contributed by atoms with E-state index in [0.717, 1.165) is 5.56 Å². The van der Waals surface area contributed by atoms with E-state index in [9.17, 15) is 18.0 Å². The average Bonchev–Trinajstić information content (AvgIpc) is 2.95. The lowest BCUT2D eigenvalue weighted by molar-refractivity contribution is -0.132. The molecule has 1 fully saturated rings. The van der Waals surface area contributed by atoms with Crippen LogP contribution in [0, 0.1) is 6.92 Å². The van der Waals surface area contributed by atoms with Crippen LogP contribution in [0.4, 0.5) is 5.69 Å². The highest BCUT2D eigenvalue weighted by molar-refractivity contribution is 7.91. The quantitative estimate of drug-likeness (QED) is 0.701. The number of carbonyl (C=O) groups excluding carboxylic acids is 2. The molecule has 1 aliphatic rings. The van der Waals surface area contributed by atoms with Crippen LogP contribution >= 0.6 is 0 Å². The maximum Gasteiger partial charge on any atom is 0.224 e. The van der Waals surface area contributed by atoms with Crippen molar-refractivity contribution in [1.29, 1.82) is 0 Å².